The Labute approximate surface area is 103 Å². The van der Waals surface area contributed by atoms with E-state index in [2.05, 4.69) is 5.32 Å². The van der Waals surface area contributed by atoms with Crippen molar-refractivity contribution in [2.45, 2.75) is 51.0 Å². The van der Waals surface area contributed by atoms with Crippen LogP contribution in [0.3, 0.4) is 0 Å². The Bertz CT molecular complexity index is 326. The van der Waals surface area contributed by atoms with Crippen molar-refractivity contribution >= 4 is 5.91 Å². The third kappa shape index (κ3) is 1.99. The van der Waals surface area contributed by atoms with E-state index in [1.165, 1.54) is 19.3 Å². The fraction of sp³-hybridized carbons (Fsp3) is 0.929. The van der Waals surface area contributed by atoms with E-state index < -0.39 is 0 Å². The lowest BCUT2D eigenvalue weighted by Gasteiger charge is -2.32. The summed E-state index contributed by atoms with van der Waals surface area (Å²) >= 11 is 0. The normalized spacial score (nSPS) is 39.1. The standard InChI is InChI=1S/C14H23NO2/c1-14(8-16,11-4-5-11)15-13(17)12-7-9-2-3-10(12)6-9/h9-12,16H,2-8H2,1H3,(H,15,17). The number of hydrogen-bond donors (Lipinski definition) is 2. The van der Waals surface area contributed by atoms with Gasteiger partial charge < -0.3 is 10.4 Å². The first-order valence-corrected chi connectivity index (χ1v) is 7.05. The summed E-state index contributed by atoms with van der Waals surface area (Å²) in [5.41, 5.74) is -0.362. The lowest BCUT2D eigenvalue weighted by atomic mass is 9.86. The molecule has 0 radical (unpaired) electrons. The molecule has 3 aliphatic rings. The first kappa shape index (κ1) is 11.5. The van der Waals surface area contributed by atoms with Crippen LogP contribution in [-0.2, 0) is 4.79 Å². The predicted octanol–water partition coefficient (Wildman–Crippen LogP) is 1.70. The minimum absolute atomic E-state index is 0.0736. The van der Waals surface area contributed by atoms with E-state index >= 15 is 0 Å². The van der Waals surface area contributed by atoms with Crippen molar-refractivity contribution in [1.82, 2.24) is 5.32 Å². The molecule has 0 aliphatic heterocycles. The Kier molecular flexibility index (Phi) is 2.69. The molecule has 0 aromatic carbocycles. The number of nitrogens with one attached hydrogen (secondary N) is 1. The number of fused-ring (bicyclic) bond motifs is 2. The zero-order valence-electron chi connectivity index (χ0n) is 10.6. The third-order valence-corrected chi connectivity index (χ3v) is 5.29. The fourth-order valence-corrected chi connectivity index (χ4v) is 3.93. The van der Waals surface area contributed by atoms with Crippen molar-refractivity contribution < 1.29 is 9.90 Å². The van der Waals surface area contributed by atoms with Gasteiger partial charge in [0.05, 0.1) is 12.1 Å². The average molecular weight is 237 g/mol. The quantitative estimate of drug-likeness (QED) is 0.782. The molecule has 3 fully saturated rings. The van der Waals surface area contributed by atoms with E-state index in [9.17, 15) is 9.90 Å². The molecule has 2 N–H and O–H groups in total. The summed E-state index contributed by atoms with van der Waals surface area (Å²) in [5.74, 6) is 2.37. The van der Waals surface area contributed by atoms with Gasteiger partial charge in [0, 0.05) is 5.92 Å². The number of aliphatic hydroxyl groups excluding tert-OH is 1. The SMILES string of the molecule is CC(CO)(NC(=O)C1CC2CCC1C2)C1CC1. The number of carbonyl (C=O) groups is 1. The van der Waals surface area contributed by atoms with Crippen LogP contribution in [0.4, 0.5) is 0 Å². The molecule has 3 aliphatic carbocycles. The summed E-state index contributed by atoms with van der Waals surface area (Å²) in [6.45, 7) is 2.07. The molecule has 4 atom stereocenters. The fourth-order valence-electron chi connectivity index (χ4n) is 3.93. The molecule has 0 aromatic rings. The van der Waals surface area contributed by atoms with E-state index in [4.69, 9.17) is 0 Å². The van der Waals surface area contributed by atoms with Crippen LogP contribution in [0.5, 0.6) is 0 Å². The summed E-state index contributed by atoms with van der Waals surface area (Å²) in [6, 6.07) is 0. The first-order valence-electron chi connectivity index (χ1n) is 7.05. The second-order valence-electron chi connectivity index (χ2n) is 6.62. The van der Waals surface area contributed by atoms with Crippen molar-refractivity contribution in [2.24, 2.45) is 23.7 Å². The van der Waals surface area contributed by atoms with Crippen LogP contribution in [0.25, 0.3) is 0 Å². The summed E-state index contributed by atoms with van der Waals surface area (Å²) in [4.78, 5) is 12.3. The van der Waals surface area contributed by atoms with E-state index in [0.717, 1.165) is 25.2 Å². The zero-order chi connectivity index (χ0) is 12.0. The highest BCUT2D eigenvalue weighted by Gasteiger charge is 2.47. The van der Waals surface area contributed by atoms with Gasteiger partial charge in [0.1, 0.15) is 0 Å². The number of hydrogen-bond acceptors (Lipinski definition) is 2. The van der Waals surface area contributed by atoms with Crippen molar-refractivity contribution in [3.05, 3.63) is 0 Å². The van der Waals surface area contributed by atoms with Gasteiger partial charge in [-0.05, 0) is 56.8 Å². The summed E-state index contributed by atoms with van der Waals surface area (Å²) in [7, 11) is 0. The molecule has 0 spiro atoms. The van der Waals surface area contributed by atoms with Gasteiger partial charge in [0.15, 0.2) is 0 Å². The predicted molar refractivity (Wildman–Crippen MR) is 65.3 cm³/mol. The molecule has 96 valence electrons. The molecule has 17 heavy (non-hydrogen) atoms. The maximum atomic E-state index is 12.3. The number of amides is 1. The van der Waals surface area contributed by atoms with Gasteiger partial charge in [-0.1, -0.05) is 6.42 Å². The molecule has 3 rings (SSSR count). The first-order chi connectivity index (χ1) is 8.12. The van der Waals surface area contributed by atoms with Gasteiger partial charge in [0.25, 0.3) is 0 Å². The Morgan fingerprint density at radius 3 is 2.53 bits per heavy atom. The topological polar surface area (TPSA) is 49.3 Å². The second-order valence-corrected chi connectivity index (χ2v) is 6.62. The van der Waals surface area contributed by atoms with E-state index in [1.54, 1.807) is 0 Å². The molecular formula is C14H23NO2. The Balaban J connectivity index is 1.63. The molecule has 2 bridgehead atoms. The lowest BCUT2D eigenvalue weighted by molar-refractivity contribution is -0.129. The monoisotopic (exact) mass is 237 g/mol. The van der Waals surface area contributed by atoms with Crippen LogP contribution in [0.1, 0.15) is 45.4 Å². The van der Waals surface area contributed by atoms with Gasteiger partial charge in [-0.2, -0.15) is 0 Å². The Morgan fingerprint density at radius 2 is 2.06 bits per heavy atom. The van der Waals surface area contributed by atoms with Gasteiger partial charge in [-0.25, -0.2) is 0 Å². The van der Waals surface area contributed by atoms with Crippen molar-refractivity contribution in [3.8, 4) is 0 Å². The van der Waals surface area contributed by atoms with Crippen LogP contribution < -0.4 is 5.32 Å². The number of aliphatic hydroxyl groups is 1. The van der Waals surface area contributed by atoms with Crippen LogP contribution in [0.15, 0.2) is 0 Å². The van der Waals surface area contributed by atoms with Crippen LogP contribution in [-0.4, -0.2) is 23.2 Å². The number of carbonyl (C=O) groups excluding carboxylic acids is 1. The lowest BCUT2D eigenvalue weighted by Crippen LogP contribution is -2.53. The van der Waals surface area contributed by atoms with Gasteiger partial charge in [-0.3, -0.25) is 4.79 Å². The van der Waals surface area contributed by atoms with Gasteiger partial charge in [-0.15, -0.1) is 0 Å². The van der Waals surface area contributed by atoms with E-state index in [0.29, 0.717) is 11.8 Å². The molecule has 0 heterocycles. The number of rotatable bonds is 4. The van der Waals surface area contributed by atoms with Gasteiger partial charge in [0.2, 0.25) is 5.91 Å². The second kappa shape index (κ2) is 3.98. The Hall–Kier alpha value is -0.570. The van der Waals surface area contributed by atoms with Crippen molar-refractivity contribution in [1.29, 1.82) is 0 Å². The molecule has 3 heteroatoms. The summed E-state index contributed by atoms with van der Waals surface area (Å²) < 4.78 is 0. The summed E-state index contributed by atoms with van der Waals surface area (Å²) in [5, 5.41) is 12.6. The maximum absolute atomic E-state index is 12.3. The molecule has 3 nitrogen and oxygen atoms in total. The van der Waals surface area contributed by atoms with E-state index in [-0.39, 0.29) is 24.0 Å². The molecular weight excluding hydrogens is 214 g/mol. The molecule has 0 saturated heterocycles. The highest BCUT2D eigenvalue weighted by molar-refractivity contribution is 5.80. The largest absolute Gasteiger partial charge is 0.394 e. The minimum Gasteiger partial charge on any atom is -0.394 e. The molecule has 1 amide bonds. The summed E-state index contributed by atoms with van der Waals surface area (Å²) in [6.07, 6.45) is 7.21. The zero-order valence-corrected chi connectivity index (χ0v) is 10.6. The van der Waals surface area contributed by atoms with Gasteiger partial charge >= 0.3 is 0 Å². The average Bonchev–Trinajstić information content (AvgIpc) is 2.99. The van der Waals surface area contributed by atoms with Crippen molar-refractivity contribution in [3.63, 3.8) is 0 Å². The smallest absolute Gasteiger partial charge is 0.223 e. The van der Waals surface area contributed by atoms with Crippen molar-refractivity contribution in [2.75, 3.05) is 6.61 Å². The van der Waals surface area contributed by atoms with E-state index in [1.807, 2.05) is 6.92 Å². The molecule has 3 saturated carbocycles. The highest BCUT2D eigenvalue weighted by Crippen LogP contribution is 2.49. The molecule has 0 aromatic heterocycles. The third-order valence-electron chi connectivity index (χ3n) is 5.29. The highest BCUT2D eigenvalue weighted by atomic mass is 16.3. The molecule has 4 unspecified atom stereocenters. The van der Waals surface area contributed by atoms with Crippen LogP contribution in [0.2, 0.25) is 0 Å². The van der Waals surface area contributed by atoms with Crippen LogP contribution in [0, 0.1) is 23.7 Å². The Morgan fingerprint density at radius 1 is 1.29 bits per heavy atom. The van der Waals surface area contributed by atoms with Crippen LogP contribution >= 0.6 is 0 Å². The minimum atomic E-state index is -0.362. The maximum Gasteiger partial charge on any atom is 0.223 e.